The molecule has 1 aliphatic heterocycles. The van der Waals surface area contributed by atoms with Gasteiger partial charge in [-0.3, -0.25) is 4.79 Å². The number of rotatable bonds is 2. The Kier molecular flexibility index (Phi) is 4.89. The van der Waals surface area contributed by atoms with Gasteiger partial charge in [-0.1, -0.05) is 23.2 Å². The fraction of sp³-hybridized carbons (Fsp3) is 0.429. The SMILES string of the molecule is COC(=O)[C@@H]1CCCCN1C(=O)c1cc(Cl)ccc1Cl. The highest BCUT2D eigenvalue weighted by atomic mass is 35.5. The first-order chi connectivity index (χ1) is 9.54. The van der Waals surface area contributed by atoms with Crippen molar-refractivity contribution >= 4 is 35.1 Å². The van der Waals surface area contributed by atoms with Gasteiger partial charge in [0.25, 0.3) is 5.91 Å². The first-order valence-electron chi connectivity index (χ1n) is 6.38. The smallest absolute Gasteiger partial charge is 0.328 e. The minimum absolute atomic E-state index is 0.285. The van der Waals surface area contributed by atoms with E-state index in [1.54, 1.807) is 12.1 Å². The van der Waals surface area contributed by atoms with Gasteiger partial charge < -0.3 is 9.64 Å². The molecule has 0 saturated carbocycles. The maximum atomic E-state index is 12.6. The summed E-state index contributed by atoms with van der Waals surface area (Å²) in [6, 6.07) is 4.18. The Balaban J connectivity index is 2.30. The fourth-order valence-electron chi connectivity index (χ4n) is 2.37. The van der Waals surface area contributed by atoms with E-state index in [0.717, 1.165) is 12.8 Å². The Morgan fingerprint density at radius 1 is 1.30 bits per heavy atom. The Labute approximate surface area is 127 Å². The number of hydrogen-bond donors (Lipinski definition) is 0. The van der Waals surface area contributed by atoms with E-state index in [4.69, 9.17) is 27.9 Å². The van der Waals surface area contributed by atoms with E-state index in [-0.39, 0.29) is 5.91 Å². The van der Waals surface area contributed by atoms with Crippen LogP contribution in [0.15, 0.2) is 18.2 Å². The van der Waals surface area contributed by atoms with Gasteiger partial charge in [0, 0.05) is 11.6 Å². The van der Waals surface area contributed by atoms with Crippen LogP contribution in [0.2, 0.25) is 10.0 Å². The number of amides is 1. The summed E-state index contributed by atoms with van der Waals surface area (Å²) < 4.78 is 4.77. The summed E-state index contributed by atoms with van der Waals surface area (Å²) in [6.45, 7) is 0.515. The summed E-state index contributed by atoms with van der Waals surface area (Å²) in [5, 5.41) is 0.762. The first kappa shape index (κ1) is 15.1. The largest absolute Gasteiger partial charge is 0.467 e. The fourth-order valence-corrected chi connectivity index (χ4v) is 2.74. The number of esters is 1. The average Bonchev–Trinajstić information content (AvgIpc) is 2.48. The molecule has 1 aromatic rings. The molecule has 1 saturated heterocycles. The molecule has 0 aromatic heterocycles. The first-order valence-corrected chi connectivity index (χ1v) is 7.14. The van der Waals surface area contributed by atoms with Crippen molar-refractivity contribution in [2.75, 3.05) is 13.7 Å². The molecule has 20 heavy (non-hydrogen) atoms. The highest BCUT2D eigenvalue weighted by Crippen LogP contribution is 2.26. The Hall–Kier alpha value is -1.26. The molecule has 0 aliphatic carbocycles. The molecule has 4 nitrogen and oxygen atoms in total. The molecule has 1 heterocycles. The van der Waals surface area contributed by atoms with Crippen LogP contribution in [0.4, 0.5) is 0 Å². The van der Waals surface area contributed by atoms with Crippen LogP contribution in [0, 0.1) is 0 Å². The van der Waals surface area contributed by atoms with Crippen LogP contribution < -0.4 is 0 Å². The number of methoxy groups -OCH3 is 1. The monoisotopic (exact) mass is 315 g/mol. The topological polar surface area (TPSA) is 46.6 Å². The number of hydrogen-bond acceptors (Lipinski definition) is 3. The number of carbonyl (C=O) groups is 2. The molecule has 0 bridgehead atoms. The van der Waals surface area contributed by atoms with E-state index >= 15 is 0 Å². The molecule has 1 fully saturated rings. The molecular formula is C14H15Cl2NO3. The second-order valence-electron chi connectivity index (χ2n) is 4.66. The van der Waals surface area contributed by atoms with Crippen molar-refractivity contribution in [3.05, 3.63) is 33.8 Å². The number of halogens is 2. The highest BCUT2D eigenvalue weighted by Gasteiger charge is 2.34. The lowest BCUT2D eigenvalue weighted by Gasteiger charge is -2.34. The number of carbonyl (C=O) groups excluding carboxylic acids is 2. The normalized spacial score (nSPS) is 18.8. The maximum absolute atomic E-state index is 12.6. The molecule has 0 unspecified atom stereocenters. The molecule has 2 rings (SSSR count). The van der Waals surface area contributed by atoms with Crippen LogP contribution >= 0.6 is 23.2 Å². The zero-order chi connectivity index (χ0) is 14.7. The highest BCUT2D eigenvalue weighted by molar-refractivity contribution is 6.35. The predicted octanol–water partition coefficient (Wildman–Crippen LogP) is 3.16. The molecular weight excluding hydrogens is 301 g/mol. The standard InChI is InChI=1S/C14H15Cl2NO3/c1-20-14(19)12-4-2-3-7-17(12)13(18)10-8-9(15)5-6-11(10)16/h5-6,8,12H,2-4,7H2,1H3/t12-/m0/s1. The van der Waals surface area contributed by atoms with E-state index in [9.17, 15) is 9.59 Å². The van der Waals surface area contributed by atoms with Crippen molar-refractivity contribution in [3.8, 4) is 0 Å². The second-order valence-corrected chi connectivity index (χ2v) is 5.50. The molecule has 1 amide bonds. The molecule has 0 radical (unpaired) electrons. The molecule has 6 heteroatoms. The molecule has 1 atom stereocenters. The molecule has 1 aromatic carbocycles. The van der Waals surface area contributed by atoms with E-state index in [1.807, 2.05) is 0 Å². The van der Waals surface area contributed by atoms with E-state index < -0.39 is 12.0 Å². The van der Waals surface area contributed by atoms with Gasteiger partial charge in [-0.2, -0.15) is 0 Å². The van der Waals surface area contributed by atoms with E-state index in [1.165, 1.54) is 18.1 Å². The van der Waals surface area contributed by atoms with Crippen LogP contribution in [0.25, 0.3) is 0 Å². The lowest BCUT2D eigenvalue weighted by atomic mass is 10.0. The Morgan fingerprint density at radius 2 is 2.05 bits per heavy atom. The molecule has 108 valence electrons. The van der Waals surface area contributed by atoms with Gasteiger partial charge in [-0.25, -0.2) is 4.79 Å². The van der Waals surface area contributed by atoms with Gasteiger partial charge in [0.15, 0.2) is 0 Å². The van der Waals surface area contributed by atoms with Gasteiger partial charge in [0.05, 0.1) is 17.7 Å². The number of ether oxygens (including phenoxy) is 1. The molecule has 1 aliphatic rings. The lowest BCUT2D eigenvalue weighted by molar-refractivity contribution is -0.147. The quantitative estimate of drug-likeness (QED) is 0.787. The summed E-state index contributed by atoms with van der Waals surface area (Å²) in [7, 11) is 1.33. The van der Waals surface area contributed by atoms with Gasteiger partial charge in [-0.15, -0.1) is 0 Å². The summed E-state index contributed by atoms with van der Waals surface area (Å²) >= 11 is 12.0. The van der Waals surface area contributed by atoms with Crippen LogP contribution in [-0.4, -0.2) is 36.5 Å². The zero-order valence-electron chi connectivity index (χ0n) is 11.1. The van der Waals surface area contributed by atoms with Gasteiger partial charge in [0.1, 0.15) is 6.04 Å². The Morgan fingerprint density at radius 3 is 2.75 bits per heavy atom. The van der Waals surface area contributed by atoms with Crippen molar-refractivity contribution in [1.29, 1.82) is 0 Å². The third-order valence-electron chi connectivity index (χ3n) is 3.40. The van der Waals surface area contributed by atoms with Gasteiger partial charge >= 0.3 is 5.97 Å². The predicted molar refractivity (Wildman–Crippen MR) is 77.2 cm³/mol. The minimum atomic E-state index is -0.545. The lowest BCUT2D eigenvalue weighted by Crippen LogP contribution is -2.48. The zero-order valence-corrected chi connectivity index (χ0v) is 12.6. The number of likely N-dealkylation sites (tertiary alicyclic amines) is 1. The maximum Gasteiger partial charge on any atom is 0.328 e. The second kappa shape index (κ2) is 6.46. The minimum Gasteiger partial charge on any atom is -0.467 e. The van der Waals surface area contributed by atoms with E-state index in [2.05, 4.69) is 0 Å². The van der Waals surface area contributed by atoms with Crippen LogP contribution in [0.1, 0.15) is 29.6 Å². The third-order valence-corrected chi connectivity index (χ3v) is 3.96. The van der Waals surface area contributed by atoms with Crippen molar-refractivity contribution < 1.29 is 14.3 Å². The summed E-state index contributed by atoms with van der Waals surface area (Å²) in [5.74, 6) is -0.677. The van der Waals surface area contributed by atoms with Gasteiger partial charge in [-0.05, 0) is 37.5 Å². The third kappa shape index (κ3) is 3.07. The van der Waals surface area contributed by atoms with Crippen molar-refractivity contribution in [1.82, 2.24) is 4.90 Å². The summed E-state index contributed by atoms with van der Waals surface area (Å²) in [4.78, 5) is 25.9. The number of piperidine rings is 1. The van der Waals surface area contributed by atoms with Gasteiger partial charge in [0.2, 0.25) is 0 Å². The van der Waals surface area contributed by atoms with Crippen LogP contribution in [-0.2, 0) is 9.53 Å². The van der Waals surface area contributed by atoms with Crippen LogP contribution in [0.5, 0.6) is 0 Å². The Bertz CT molecular complexity index is 533. The van der Waals surface area contributed by atoms with Crippen molar-refractivity contribution in [3.63, 3.8) is 0 Å². The number of benzene rings is 1. The molecule has 0 spiro atoms. The van der Waals surface area contributed by atoms with E-state index in [0.29, 0.717) is 28.6 Å². The average molecular weight is 316 g/mol. The summed E-state index contributed by atoms with van der Waals surface area (Å²) in [5.41, 5.74) is 0.315. The van der Waals surface area contributed by atoms with Crippen LogP contribution in [0.3, 0.4) is 0 Å². The van der Waals surface area contributed by atoms with Crippen molar-refractivity contribution in [2.45, 2.75) is 25.3 Å². The van der Waals surface area contributed by atoms with Crippen molar-refractivity contribution in [2.24, 2.45) is 0 Å². The summed E-state index contributed by atoms with van der Waals surface area (Å²) in [6.07, 6.45) is 2.36. The number of nitrogens with zero attached hydrogens (tertiary/aromatic N) is 1. The molecule has 0 N–H and O–H groups in total.